The van der Waals surface area contributed by atoms with E-state index in [9.17, 15) is 14.0 Å². The van der Waals surface area contributed by atoms with Crippen LogP contribution < -0.4 is 9.64 Å². The molecule has 2 aliphatic rings. The largest absolute Gasteiger partial charge is 0.490 e. The highest BCUT2D eigenvalue weighted by molar-refractivity contribution is 6.32. The first-order valence-electron chi connectivity index (χ1n) is 8.31. The Hall–Kier alpha value is -3.48. The number of amides is 2. The molecule has 0 radical (unpaired) electrons. The van der Waals surface area contributed by atoms with E-state index >= 15 is 0 Å². The SMILES string of the molecule is C=CCOc1ccc(C2=NO[C@H]3C(=O)N(c4ccc(F)cc4)C(=O)[C@H]23)cc1. The summed E-state index contributed by atoms with van der Waals surface area (Å²) in [6.07, 6.45) is 0.634. The lowest BCUT2D eigenvalue weighted by Crippen LogP contribution is -2.33. The van der Waals surface area contributed by atoms with Crippen LogP contribution in [0.5, 0.6) is 5.75 Å². The smallest absolute Gasteiger partial charge is 0.278 e. The van der Waals surface area contributed by atoms with Gasteiger partial charge in [0.15, 0.2) is 0 Å². The molecule has 0 spiro atoms. The molecule has 2 aliphatic heterocycles. The summed E-state index contributed by atoms with van der Waals surface area (Å²) in [6.45, 7) is 3.97. The Balaban J connectivity index is 1.60. The van der Waals surface area contributed by atoms with Crippen LogP contribution in [0.1, 0.15) is 5.56 Å². The minimum Gasteiger partial charge on any atom is -0.490 e. The second kappa shape index (κ2) is 6.68. The van der Waals surface area contributed by atoms with Gasteiger partial charge in [-0.3, -0.25) is 9.59 Å². The number of ether oxygens (including phenoxy) is 1. The number of nitrogens with zero attached hydrogens (tertiary/aromatic N) is 2. The third kappa shape index (κ3) is 2.87. The number of carbonyl (C=O) groups is 2. The summed E-state index contributed by atoms with van der Waals surface area (Å²) in [5.41, 5.74) is 1.35. The Morgan fingerprint density at radius 2 is 1.81 bits per heavy atom. The summed E-state index contributed by atoms with van der Waals surface area (Å²) in [5.74, 6) is -1.59. The Kier molecular flexibility index (Phi) is 4.19. The van der Waals surface area contributed by atoms with Crippen LogP contribution in [-0.4, -0.2) is 30.2 Å². The highest BCUT2D eigenvalue weighted by Crippen LogP contribution is 2.35. The zero-order valence-electron chi connectivity index (χ0n) is 14.2. The molecule has 6 nitrogen and oxygen atoms in total. The van der Waals surface area contributed by atoms with Crippen LogP contribution in [0, 0.1) is 11.7 Å². The second-order valence-corrected chi connectivity index (χ2v) is 6.09. The van der Waals surface area contributed by atoms with E-state index in [2.05, 4.69) is 11.7 Å². The van der Waals surface area contributed by atoms with Gasteiger partial charge in [-0.25, -0.2) is 9.29 Å². The first kappa shape index (κ1) is 17.0. The lowest BCUT2D eigenvalue weighted by Gasteiger charge is -2.15. The molecule has 0 bridgehead atoms. The van der Waals surface area contributed by atoms with Gasteiger partial charge < -0.3 is 9.57 Å². The first-order valence-corrected chi connectivity index (χ1v) is 8.31. The molecule has 0 unspecified atom stereocenters. The molecule has 0 saturated carbocycles. The van der Waals surface area contributed by atoms with E-state index in [4.69, 9.17) is 9.57 Å². The Labute approximate surface area is 154 Å². The molecule has 2 aromatic rings. The Bertz CT molecular complexity index is 937. The summed E-state index contributed by atoms with van der Waals surface area (Å²) in [5, 5.41) is 3.96. The number of halogens is 1. The van der Waals surface area contributed by atoms with Crippen LogP contribution >= 0.6 is 0 Å². The van der Waals surface area contributed by atoms with Gasteiger partial charge in [0.2, 0.25) is 12.0 Å². The fourth-order valence-electron chi connectivity index (χ4n) is 3.14. The van der Waals surface area contributed by atoms with Crippen molar-refractivity contribution in [1.82, 2.24) is 0 Å². The van der Waals surface area contributed by atoms with Gasteiger partial charge in [-0.05, 0) is 48.5 Å². The highest BCUT2D eigenvalue weighted by Gasteiger charge is 2.56. The van der Waals surface area contributed by atoms with Gasteiger partial charge in [0.1, 0.15) is 29.8 Å². The van der Waals surface area contributed by atoms with E-state index in [1.165, 1.54) is 24.3 Å². The molecule has 4 rings (SSSR count). The molecule has 2 heterocycles. The molecule has 7 heteroatoms. The molecule has 136 valence electrons. The van der Waals surface area contributed by atoms with Crippen molar-refractivity contribution < 1.29 is 23.6 Å². The minimum atomic E-state index is -1.01. The number of rotatable bonds is 5. The van der Waals surface area contributed by atoms with Crippen LogP contribution in [0.15, 0.2) is 66.3 Å². The molecular weight excluding hydrogens is 351 g/mol. The van der Waals surface area contributed by atoms with Crippen LogP contribution in [0.4, 0.5) is 10.1 Å². The Morgan fingerprint density at radius 3 is 2.48 bits per heavy atom. The predicted molar refractivity (Wildman–Crippen MR) is 95.9 cm³/mol. The third-order valence-corrected chi connectivity index (χ3v) is 4.41. The number of imide groups is 1. The van der Waals surface area contributed by atoms with Crippen LogP contribution in [0.3, 0.4) is 0 Å². The average molecular weight is 366 g/mol. The Morgan fingerprint density at radius 1 is 1.11 bits per heavy atom. The fourth-order valence-corrected chi connectivity index (χ4v) is 3.14. The standard InChI is InChI=1S/C20H15FN2O4/c1-2-11-26-15-9-3-12(4-10-15)17-16-18(27-22-17)20(25)23(19(16)24)14-7-5-13(21)6-8-14/h2-10,16,18H,1,11H2/t16-,18-/m1/s1. The predicted octanol–water partition coefficient (Wildman–Crippen LogP) is 2.68. The molecular formula is C20H15FN2O4. The third-order valence-electron chi connectivity index (χ3n) is 4.41. The molecule has 1 saturated heterocycles. The molecule has 2 amide bonds. The summed E-state index contributed by atoms with van der Waals surface area (Å²) in [6, 6.07) is 12.1. The van der Waals surface area contributed by atoms with Gasteiger partial charge in [-0.15, -0.1) is 0 Å². The van der Waals surface area contributed by atoms with Crippen molar-refractivity contribution in [2.45, 2.75) is 6.10 Å². The maximum Gasteiger partial charge on any atom is 0.278 e. The van der Waals surface area contributed by atoms with Gasteiger partial charge in [-0.2, -0.15) is 0 Å². The zero-order chi connectivity index (χ0) is 19.0. The number of oxime groups is 1. The van der Waals surface area contributed by atoms with Crippen molar-refractivity contribution in [3.63, 3.8) is 0 Å². The van der Waals surface area contributed by atoms with E-state index in [0.29, 0.717) is 29.3 Å². The van der Waals surface area contributed by atoms with Gasteiger partial charge in [-0.1, -0.05) is 17.8 Å². The molecule has 27 heavy (non-hydrogen) atoms. The first-order chi connectivity index (χ1) is 13.1. The summed E-state index contributed by atoms with van der Waals surface area (Å²) < 4.78 is 18.6. The number of benzene rings is 2. The molecule has 2 aromatic carbocycles. The number of anilines is 1. The minimum absolute atomic E-state index is 0.303. The normalized spacial score (nSPS) is 20.9. The van der Waals surface area contributed by atoms with Crippen molar-refractivity contribution in [2.24, 2.45) is 11.1 Å². The van der Waals surface area contributed by atoms with Crippen molar-refractivity contribution >= 4 is 23.2 Å². The van der Waals surface area contributed by atoms with E-state index in [-0.39, 0.29) is 0 Å². The van der Waals surface area contributed by atoms with Gasteiger partial charge >= 0.3 is 0 Å². The summed E-state index contributed by atoms with van der Waals surface area (Å²) in [4.78, 5) is 31.8. The monoisotopic (exact) mass is 366 g/mol. The number of hydrogen-bond donors (Lipinski definition) is 0. The van der Waals surface area contributed by atoms with Crippen molar-refractivity contribution in [1.29, 1.82) is 0 Å². The molecule has 0 aromatic heterocycles. The van der Waals surface area contributed by atoms with E-state index in [1.807, 2.05) is 0 Å². The fraction of sp³-hybridized carbons (Fsp3) is 0.150. The van der Waals surface area contributed by atoms with E-state index in [0.717, 1.165) is 4.90 Å². The molecule has 0 aliphatic carbocycles. The maximum atomic E-state index is 13.1. The van der Waals surface area contributed by atoms with E-state index in [1.54, 1.807) is 30.3 Å². The van der Waals surface area contributed by atoms with Gasteiger partial charge in [0, 0.05) is 5.56 Å². The molecule has 2 atom stereocenters. The highest BCUT2D eigenvalue weighted by atomic mass is 19.1. The average Bonchev–Trinajstić information content (AvgIpc) is 3.22. The second-order valence-electron chi connectivity index (χ2n) is 6.09. The lowest BCUT2D eigenvalue weighted by atomic mass is 9.94. The summed E-state index contributed by atoms with van der Waals surface area (Å²) in [7, 11) is 0. The molecule has 1 fully saturated rings. The summed E-state index contributed by atoms with van der Waals surface area (Å²) >= 11 is 0. The van der Waals surface area contributed by atoms with Crippen LogP contribution in [-0.2, 0) is 14.4 Å². The van der Waals surface area contributed by atoms with Gasteiger partial charge in [0.05, 0.1) is 5.69 Å². The van der Waals surface area contributed by atoms with Crippen LogP contribution in [0.2, 0.25) is 0 Å². The van der Waals surface area contributed by atoms with Crippen molar-refractivity contribution in [2.75, 3.05) is 11.5 Å². The lowest BCUT2D eigenvalue weighted by molar-refractivity contribution is -0.126. The van der Waals surface area contributed by atoms with E-state index < -0.39 is 29.7 Å². The maximum absolute atomic E-state index is 13.1. The zero-order valence-corrected chi connectivity index (χ0v) is 14.2. The topological polar surface area (TPSA) is 68.2 Å². The molecule has 0 N–H and O–H groups in total. The quantitative estimate of drug-likeness (QED) is 0.603. The van der Waals surface area contributed by atoms with Crippen LogP contribution in [0.25, 0.3) is 0 Å². The number of fused-ring (bicyclic) bond motifs is 1. The number of carbonyl (C=O) groups excluding carboxylic acids is 2. The van der Waals surface area contributed by atoms with Crippen molar-refractivity contribution in [3.8, 4) is 5.75 Å². The van der Waals surface area contributed by atoms with Crippen molar-refractivity contribution in [3.05, 3.63) is 72.6 Å². The number of hydrogen-bond acceptors (Lipinski definition) is 5. The van der Waals surface area contributed by atoms with Gasteiger partial charge in [0.25, 0.3) is 5.91 Å².